The van der Waals surface area contributed by atoms with Crippen LogP contribution in [0.4, 0.5) is 15.8 Å². The molecule has 148 valence electrons. The van der Waals surface area contributed by atoms with Gasteiger partial charge in [-0.15, -0.1) is 11.8 Å². The summed E-state index contributed by atoms with van der Waals surface area (Å²) in [5.74, 6) is -0.756. The van der Waals surface area contributed by atoms with E-state index >= 15 is 0 Å². The fourth-order valence-electron chi connectivity index (χ4n) is 2.70. The predicted molar refractivity (Wildman–Crippen MR) is 114 cm³/mol. The Morgan fingerprint density at radius 2 is 1.59 bits per heavy atom. The van der Waals surface area contributed by atoms with Crippen LogP contribution in [0.3, 0.4) is 0 Å². The molecule has 7 heteroatoms. The highest BCUT2D eigenvalue weighted by atomic mass is 32.2. The van der Waals surface area contributed by atoms with Crippen molar-refractivity contribution in [2.45, 2.75) is 4.90 Å². The number of rotatable bonds is 6. The molecule has 0 atom stereocenters. The van der Waals surface area contributed by atoms with Gasteiger partial charge in [0.15, 0.2) is 0 Å². The summed E-state index contributed by atoms with van der Waals surface area (Å²) in [6, 6.07) is 17.4. The molecule has 0 aliphatic carbocycles. The van der Waals surface area contributed by atoms with Gasteiger partial charge < -0.3 is 15.4 Å². The SMILES string of the molecule is COc1cc(SC)ccc1C(=O)Nc1ccccc1C(=O)Nc1ccc(F)cc1. The first-order chi connectivity index (χ1) is 14.0. The van der Waals surface area contributed by atoms with E-state index in [0.29, 0.717) is 22.7 Å². The van der Waals surface area contributed by atoms with Crippen LogP contribution < -0.4 is 15.4 Å². The Morgan fingerprint density at radius 3 is 2.28 bits per heavy atom. The molecule has 29 heavy (non-hydrogen) atoms. The van der Waals surface area contributed by atoms with Crippen LogP contribution >= 0.6 is 11.8 Å². The molecule has 0 unspecified atom stereocenters. The zero-order valence-electron chi connectivity index (χ0n) is 15.9. The van der Waals surface area contributed by atoms with E-state index in [1.807, 2.05) is 12.3 Å². The molecule has 0 radical (unpaired) electrons. The molecule has 2 N–H and O–H groups in total. The van der Waals surface area contributed by atoms with Crippen LogP contribution in [0.25, 0.3) is 0 Å². The van der Waals surface area contributed by atoms with Crippen LogP contribution in [0.1, 0.15) is 20.7 Å². The lowest BCUT2D eigenvalue weighted by atomic mass is 10.1. The number of carbonyl (C=O) groups excluding carboxylic acids is 2. The van der Waals surface area contributed by atoms with Gasteiger partial charge in [-0.25, -0.2) is 4.39 Å². The lowest BCUT2D eigenvalue weighted by molar-refractivity contribution is 0.102. The van der Waals surface area contributed by atoms with Gasteiger partial charge in [-0.1, -0.05) is 12.1 Å². The number of benzene rings is 3. The maximum absolute atomic E-state index is 13.1. The van der Waals surface area contributed by atoms with Crippen molar-refractivity contribution in [1.82, 2.24) is 0 Å². The van der Waals surface area contributed by atoms with E-state index < -0.39 is 17.6 Å². The predicted octanol–water partition coefficient (Wildman–Crippen LogP) is 5.06. The molecule has 3 rings (SSSR count). The Balaban J connectivity index is 1.82. The number of nitrogens with one attached hydrogen (secondary N) is 2. The number of anilines is 2. The first kappa shape index (κ1) is 20.4. The number of ether oxygens (including phenoxy) is 1. The van der Waals surface area contributed by atoms with Crippen molar-refractivity contribution in [3.05, 3.63) is 83.7 Å². The zero-order chi connectivity index (χ0) is 20.8. The molecule has 3 aromatic rings. The quantitative estimate of drug-likeness (QED) is 0.558. The molecule has 0 aliphatic heterocycles. The van der Waals surface area contributed by atoms with E-state index in [0.717, 1.165) is 4.90 Å². The highest BCUT2D eigenvalue weighted by Crippen LogP contribution is 2.27. The van der Waals surface area contributed by atoms with Crippen molar-refractivity contribution in [3.63, 3.8) is 0 Å². The third-order valence-electron chi connectivity index (χ3n) is 4.18. The van der Waals surface area contributed by atoms with E-state index in [-0.39, 0.29) is 5.56 Å². The van der Waals surface area contributed by atoms with Crippen LogP contribution in [0, 0.1) is 5.82 Å². The Labute approximate surface area is 172 Å². The minimum Gasteiger partial charge on any atom is -0.496 e. The molecule has 0 spiro atoms. The van der Waals surface area contributed by atoms with Gasteiger partial charge >= 0.3 is 0 Å². The number of hydrogen-bond donors (Lipinski definition) is 2. The van der Waals surface area contributed by atoms with E-state index in [1.54, 1.807) is 48.2 Å². The van der Waals surface area contributed by atoms with Crippen molar-refractivity contribution in [1.29, 1.82) is 0 Å². The third-order valence-corrected chi connectivity index (χ3v) is 4.90. The van der Waals surface area contributed by atoms with Gasteiger partial charge in [0.2, 0.25) is 0 Å². The van der Waals surface area contributed by atoms with E-state index in [1.165, 1.54) is 31.4 Å². The second-order valence-corrected chi connectivity index (χ2v) is 6.91. The van der Waals surface area contributed by atoms with Gasteiger partial charge in [0.1, 0.15) is 11.6 Å². The highest BCUT2D eigenvalue weighted by Gasteiger charge is 2.17. The summed E-state index contributed by atoms with van der Waals surface area (Å²) >= 11 is 1.54. The van der Waals surface area contributed by atoms with Gasteiger partial charge in [0.25, 0.3) is 11.8 Å². The Bertz CT molecular complexity index is 1040. The number of thioether (sulfide) groups is 1. The van der Waals surface area contributed by atoms with E-state index in [2.05, 4.69) is 10.6 Å². The summed E-state index contributed by atoms with van der Waals surface area (Å²) in [6.07, 6.45) is 1.94. The minimum atomic E-state index is -0.419. The molecule has 2 amide bonds. The average molecular weight is 410 g/mol. The maximum Gasteiger partial charge on any atom is 0.259 e. The van der Waals surface area contributed by atoms with Crippen molar-refractivity contribution >= 4 is 35.0 Å². The molecule has 0 aromatic heterocycles. The number of hydrogen-bond acceptors (Lipinski definition) is 4. The lowest BCUT2D eigenvalue weighted by Gasteiger charge is -2.13. The van der Waals surface area contributed by atoms with Gasteiger partial charge in [0, 0.05) is 10.6 Å². The summed E-state index contributed by atoms with van der Waals surface area (Å²) in [6.45, 7) is 0. The van der Waals surface area contributed by atoms with Crippen molar-refractivity contribution < 1.29 is 18.7 Å². The third kappa shape index (κ3) is 4.94. The topological polar surface area (TPSA) is 67.4 Å². The van der Waals surface area contributed by atoms with Crippen LogP contribution in [-0.4, -0.2) is 25.2 Å². The second-order valence-electron chi connectivity index (χ2n) is 6.03. The molecule has 0 saturated carbocycles. The monoisotopic (exact) mass is 410 g/mol. The lowest BCUT2D eigenvalue weighted by Crippen LogP contribution is -2.18. The fourth-order valence-corrected chi connectivity index (χ4v) is 3.13. The maximum atomic E-state index is 13.1. The fraction of sp³-hybridized carbons (Fsp3) is 0.0909. The first-order valence-electron chi connectivity index (χ1n) is 8.71. The van der Waals surface area contributed by atoms with E-state index in [9.17, 15) is 14.0 Å². The van der Waals surface area contributed by atoms with Gasteiger partial charge in [-0.3, -0.25) is 9.59 Å². The zero-order valence-corrected chi connectivity index (χ0v) is 16.7. The van der Waals surface area contributed by atoms with Gasteiger partial charge in [0.05, 0.1) is 23.9 Å². The van der Waals surface area contributed by atoms with E-state index in [4.69, 9.17) is 4.74 Å². The molecule has 0 saturated heterocycles. The largest absolute Gasteiger partial charge is 0.496 e. The number of carbonyl (C=O) groups is 2. The number of methoxy groups -OCH3 is 1. The van der Waals surface area contributed by atoms with Crippen LogP contribution in [-0.2, 0) is 0 Å². The van der Waals surface area contributed by atoms with Crippen molar-refractivity contribution in [2.24, 2.45) is 0 Å². The molecule has 0 aliphatic rings. The van der Waals surface area contributed by atoms with Crippen LogP contribution in [0.5, 0.6) is 5.75 Å². The number of amides is 2. The molecule has 5 nitrogen and oxygen atoms in total. The average Bonchev–Trinajstić information content (AvgIpc) is 2.75. The van der Waals surface area contributed by atoms with Gasteiger partial charge in [-0.05, 0) is 60.9 Å². The Morgan fingerprint density at radius 1 is 0.897 bits per heavy atom. The second kappa shape index (κ2) is 9.25. The van der Waals surface area contributed by atoms with Crippen LogP contribution in [0.15, 0.2) is 71.6 Å². The summed E-state index contributed by atoms with van der Waals surface area (Å²) in [4.78, 5) is 26.4. The first-order valence-corrected chi connectivity index (χ1v) is 9.93. The molecule has 3 aromatic carbocycles. The summed E-state index contributed by atoms with van der Waals surface area (Å²) < 4.78 is 18.4. The Hall–Kier alpha value is -3.32. The van der Waals surface area contributed by atoms with Crippen molar-refractivity contribution in [2.75, 3.05) is 24.0 Å². The highest BCUT2D eigenvalue weighted by molar-refractivity contribution is 7.98. The number of para-hydroxylation sites is 1. The van der Waals surface area contributed by atoms with Crippen molar-refractivity contribution in [3.8, 4) is 5.75 Å². The normalized spacial score (nSPS) is 10.3. The summed E-state index contributed by atoms with van der Waals surface area (Å²) in [5.41, 5.74) is 1.45. The Kier molecular flexibility index (Phi) is 6.51. The molecule has 0 heterocycles. The standard InChI is InChI=1S/C22H19FN2O3S/c1-28-20-13-16(29-2)11-12-18(20)22(27)25-19-6-4-3-5-17(19)21(26)24-15-9-7-14(23)8-10-15/h3-13H,1-2H3,(H,24,26)(H,25,27). The van der Waals surface area contributed by atoms with Gasteiger partial charge in [-0.2, -0.15) is 0 Å². The van der Waals surface area contributed by atoms with Crippen LogP contribution in [0.2, 0.25) is 0 Å². The minimum absolute atomic E-state index is 0.282. The summed E-state index contributed by atoms with van der Waals surface area (Å²) in [5, 5.41) is 5.46. The summed E-state index contributed by atoms with van der Waals surface area (Å²) in [7, 11) is 1.50. The molecular formula is C22H19FN2O3S. The number of halogens is 1. The molecule has 0 bridgehead atoms. The molecule has 0 fully saturated rings. The smallest absolute Gasteiger partial charge is 0.259 e. The molecular weight excluding hydrogens is 391 g/mol.